The van der Waals surface area contributed by atoms with Gasteiger partial charge in [-0.05, 0) is 51.7 Å². The molecule has 0 fully saturated rings. The Kier molecular flexibility index (Phi) is 5.89. The van der Waals surface area contributed by atoms with Crippen LogP contribution in [-0.4, -0.2) is 17.9 Å². The summed E-state index contributed by atoms with van der Waals surface area (Å²) in [7, 11) is 0. The average Bonchev–Trinajstić information content (AvgIpc) is 2.44. The lowest BCUT2D eigenvalue weighted by molar-refractivity contribution is -0.162. The minimum atomic E-state index is -1.08. The van der Waals surface area contributed by atoms with Gasteiger partial charge in [-0.25, -0.2) is 0 Å². The fourth-order valence-electron chi connectivity index (χ4n) is 1.98. The number of aryl methyl sites for hydroxylation is 1. The zero-order chi connectivity index (χ0) is 16.0. The van der Waals surface area contributed by atoms with Gasteiger partial charge in [-0.2, -0.15) is 0 Å². The van der Waals surface area contributed by atoms with Crippen LogP contribution in [0.4, 0.5) is 0 Å². The largest absolute Gasteiger partial charge is 0.462 e. The van der Waals surface area contributed by atoms with Gasteiger partial charge in [0, 0.05) is 0 Å². The van der Waals surface area contributed by atoms with Crippen LogP contribution < -0.4 is 0 Å². The second-order valence-corrected chi connectivity index (χ2v) is 5.79. The van der Waals surface area contributed by atoms with Crippen molar-refractivity contribution in [2.45, 2.75) is 46.6 Å². The van der Waals surface area contributed by atoms with Crippen LogP contribution in [0.25, 0.3) is 6.08 Å². The molecule has 0 aliphatic rings. The van der Waals surface area contributed by atoms with E-state index in [1.807, 2.05) is 24.3 Å². The van der Waals surface area contributed by atoms with E-state index in [1.54, 1.807) is 26.8 Å². The standard InChI is InChI=1S/C18H24O3/c1-6-15-7-9-16(10-8-15)11-12-18(5,14(4)19)17(20)21-13(2)3/h6-10,13H,1,11-12H2,2-5H3. The Bertz CT molecular complexity index is 514. The Labute approximate surface area is 127 Å². The quantitative estimate of drug-likeness (QED) is 0.566. The van der Waals surface area contributed by atoms with Gasteiger partial charge in [-0.3, -0.25) is 9.59 Å². The smallest absolute Gasteiger partial charge is 0.319 e. The molecule has 0 amide bonds. The van der Waals surface area contributed by atoms with E-state index in [-0.39, 0.29) is 11.9 Å². The van der Waals surface area contributed by atoms with Crippen LogP contribution >= 0.6 is 0 Å². The van der Waals surface area contributed by atoms with E-state index in [0.717, 1.165) is 11.1 Å². The fourth-order valence-corrected chi connectivity index (χ4v) is 1.98. The number of carbonyl (C=O) groups excluding carboxylic acids is 2. The predicted octanol–water partition coefficient (Wildman–Crippen LogP) is 3.81. The molecule has 21 heavy (non-hydrogen) atoms. The maximum absolute atomic E-state index is 12.2. The molecule has 0 N–H and O–H groups in total. The van der Waals surface area contributed by atoms with Gasteiger partial charge in [-0.1, -0.05) is 36.9 Å². The minimum absolute atomic E-state index is 0.157. The van der Waals surface area contributed by atoms with Gasteiger partial charge < -0.3 is 4.74 Å². The lowest BCUT2D eigenvalue weighted by Crippen LogP contribution is -2.38. The summed E-state index contributed by atoms with van der Waals surface area (Å²) >= 11 is 0. The molecule has 3 heteroatoms. The normalized spacial score (nSPS) is 13.6. The molecule has 0 aliphatic carbocycles. The first kappa shape index (κ1) is 17.2. The molecule has 0 aromatic heterocycles. The number of hydrogen-bond acceptors (Lipinski definition) is 3. The molecule has 1 rings (SSSR count). The van der Waals surface area contributed by atoms with E-state index < -0.39 is 11.4 Å². The molecule has 0 radical (unpaired) electrons. The summed E-state index contributed by atoms with van der Waals surface area (Å²) in [6.45, 7) is 10.4. The zero-order valence-corrected chi connectivity index (χ0v) is 13.3. The van der Waals surface area contributed by atoms with Gasteiger partial charge in [0.05, 0.1) is 6.10 Å². The van der Waals surface area contributed by atoms with Crippen LogP contribution in [0, 0.1) is 5.41 Å². The van der Waals surface area contributed by atoms with Crippen molar-refractivity contribution in [1.82, 2.24) is 0 Å². The third-order valence-electron chi connectivity index (χ3n) is 3.70. The van der Waals surface area contributed by atoms with E-state index in [0.29, 0.717) is 12.8 Å². The molecule has 3 nitrogen and oxygen atoms in total. The number of hydrogen-bond donors (Lipinski definition) is 0. The molecule has 0 heterocycles. The van der Waals surface area contributed by atoms with Crippen molar-refractivity contribution in [3.63, 3.8) is 0 Å². The van der Waals surface area contributed by atoms with E-state index in [2.05, 4.69) is 6.58 Å². The SMILES string of the molecule is C=Cc1ccc(CCC(C)(C(C)=O)C(=O)OC(C)C)cc1. The molecule has 1 atom stereocenters. The molecule has 0 bridgehead atoms. The molecular formula is C18H24O3. The predicted molar refractivity (Wildman–Crippen MR) is 84.9 cm³/mol. The van der Waals surface area contributed by atoms with Crippen LogP contribution in [0.15, 0.2) is 30.8 Å². The molecule has 1 aromatic carbocycles. The van der Waals surface area contributed by atoms with Crippen LogP contribution in [0.1, 0.15) is 45.2 Å². The van der Waals surface area contributed by atoms with Crippen molar-refractivity contribution < 1.29 is 14.3 Å². The molecular weight excluding hydrogens is 264 g/mol. The van der Waals surface area contributed by atoms with Crippen molar-refractivity contribution in [1.29, 1.82) is 0 Å². The first-order valence-electron chi connectivity index (χ1n) is 7.23. The van der Waals surface area contributed by atoms with Gasteiger partial charge >= 0.3 is 5.97 Å². The van der Waals surface area contributed by atoms with Crippen molar-refractivity contribution in [2.75, 3.05) is 0 Å². The summed E-state index contributed by atoms with van der Waals surface area (Å²) in [4.78, 5) is 24.1. The fraction of sp³-hybridized carbons (Fsp3) is 0.444. The van der Waals surface area contributed by atoms with Gasteiger partial charge in [0.25, 0.3) is 0 Å². The van der Waals surface area contributed by atoms with Crippen LogP contribution in [-0.2, 0) is 20.7 Å². The molecule has 0 saturated carbocycles. The number of carbonyl (C=O) groups is 2. The number of ketones is 1. The van der Waals surface area contributed by atoms with Gasteiger partial charge in [-0.15, -0.1) is 0 Å². The third-order valence-corrected chi connectivity index (χ3v) is 3.70. The number of rotatable bonds is 7. The second-order valence-electron chi connectivity index (χ2n) is 5.79. The summed E-state index contributed by atoms with van der Waals surface area (Å²) in [6, 6.07) is 7.93. The van der Waals surface area contributed by atoms with Gasteiger partial charge in [0.1, 0.15) is 11.2 Å². The highest BCUT2D eigenvalue weighted by molar-refractivity contribution is 6.02. The molecule has 0 saturated heterocycles. The van der Waals surface area contributed by atoms with Crippen molar-refractivity contribution in [3.05, 3.63) is 42.0 Å². The minimum Gasteiger partial charge on any atom is -0.462 e. The number of Topliss-reactive ketones (excluding diaryl/α,β-unsaturated/α-hetero) is 1. The molecule has 1 unspecified atom stereocenters. The second kappa shape index (κ2) is 7.21. The Morgan fingerprint density at radius 1 is 1.29 bits per heavy atom. The lowest BCUT2D eigenvalue weighted by Gasteiger charge is -2.25. The molecule has 0 aliphatic heterocycles. The summed E-state index contributed by atoms with van der Waals surface area (Å²) in [5.74, 6) is -0.594. The van der Waals surface area contributed by atoms with E-state index in [9.17, 15) is 9.59 Å². The van der Waals surface area contributed by atoms with E-state index >= 15 is 0 Å². The first-order valence-corrected chi connectivity index (χ1v) is 7.23. The number of benzene rings is 1. The van der Waals surface area contributed by atoms with E-state index in [4.69, 9.17) is 4.74 Å². The van der Waals surface area contributed by atoms with Crippen LogP contribution in [0.5, 0.6) is 0 Å². The summed E-state index contributed by atoms with van der Waals surface area (Å²) < 4.78 is 5.23. The Balaban J connectivity index is 2.80. The topological polar surface area (TPSA) is 43.4 Å². The maximum Gasteiger partial charge on any atom is 0.319 e. The lowest BCUT2D eigenvalue weighted by atomic mass is 9.80. The Hall–Kier alpha value is -1.90. The molecule has 1 aromatic rings. The van der Waals surface area contributed by atoms with Crippen molar-refractivity contribution in [2.24, 2.45) is 5.41 Å². The third kappa shape index (κ3) is 4.55. The van der Waals surface area contributed by atoms with E-state index in [1.165, 1.54) is 6.92 Å². The summed E-state index contributed by atoms with van der Waals surface area (Å²) in [5, 5.41) is 0. The van der Waals surface area contributed by atoms with Crippen molar-refractivity contribution in [3.8, 4) is 0 Å². The molecule has 0 spiro atoms. The highest BCUT2D eigenvalue weighted by Gasteiger charge is 2.39. The summed E-state index contributed by atoms with van der Waals surface area (Å²) in [6.07, 6.45) is 2.66. The molecule has 114 valence electrons. The average molecular weight is 288 g/mol. The van der Waals surface area contributed by atoms with Crippen LogP contribution in [0.2, 0.25) is 0 Å². The zero-order valence-electron chi connectivity index (χ0n) is 13.3. The maximum atomic E-state index is 12.2. The Morgan fingerprint density at radius 3 is 2.29 bits per heavy atom. The highest BCUT2D eigenvalue weighted by atomic mass is 16.5. The van der Waals surface area contributed by atoms with Crippen LogP contribution in [0.3, 0.4) is 0 Å². The summed E-state index contributed by atoms with van der Waals surface area (Å²) in [5.41, 5.74) is 1.05. The monoisotopic (exact) mass is 288 g/mol. The highest BCUT2D eigenvalue weighted by Crippen LogP contribution is 2.27. The number of esters is 1. The number of ether oxygens (including phenoxy) is 1. The Morgan fingerprint density at radius 2 is 1.86 bits per heavy atom. The first-order chi connectivity index (χ1) is 9.79. The van der Waals surface area contributed by atoms with Gasteiger partial charge in [0.15, 0.2) is 0 Å². The van der Waals surface area contributed by atoms with Gasteiger partial charge in [0.2, 0.25) is 0 Å². The van der Waals surface area contributed by atoms with Crippen molar-refractivity contribution >= 4 is 17.8 Å².